The molecule has 1 N–H and O–H groups in total. The molecule has 1 atom stereocenters. The van der Waals surface area contributed by atoms with Crippen LogP contribution in [0.1, 0.15) is 0 Å². The van der Waals surface area contributed by atoms with Gasteiger partial charge < -0.3 is 5.32 Å². The van der Waals surface area contributed by atoms with E-state index in [0.29, 0.717) is 0 Å². The average Bonchev–Trinajstić information content (AvgIpc) is 2.22. The molecule has 0 bridgehead atoms. The zero-order valence-corrected chi connectivity index (χ0v) is 9.23. The second-order valence-electron chi connectivity index (χ2n) is 2.90. The van der Waals surface area contributed by atoms with Gasteiger partial charge >= 0.3 is 0 Å². The van der Waals surface area contributed by atoms with Crippen molar-refractivity contribution in [2.24, 2.45) is 4.99 Å². The van der Waals surface area contributed by atoms with E-state index in [-0.39, 0.29) is 5.82 Å². The van der Waals surface area contributed by atoms with Crippen LogP contribution in [0.4, 0.5) is 4.39 Å². The summed E-state index contributed by atoms with van der Waals surface area (Å²) in [6.07, 6.45) is 5.10. The molecular formula is C10H8ClFN2S. The molecule has 15 heavy (non-hydrogen) atoms. The highest BCUT2D eigenvalue weighted by molar-refractivity contribution is 8.01. The highest BCUT2D eigenvalue weighted by atomic mass is 35.5. The number of hydrogen-bond donors (Lipinski definition) is 1. The lowest BCUT2D eigenvalue weighted by molar-refractivity contribution is 0.626. The Morgan fingerprint density at radius 1 is 1.33 bits per heavy atom. The number of alkyl halides is 1. The summed E-state index contributed by atoms with van der Waals surface area (Å²) in [5, 5.41) is 2.91. The molecule has 1 aromatic carbocycles. The fourth-order valence-electron chi connectivity index (χ4n) is 1.08. The van der Waals surface area contributed by atoms with Gasteiger partial charge in [0.1, 0.15) is 5.82 Å². The van der Waals surface area contributed by atoms with Gasteiger partial charge in [0.25, 0.3) is 4.45 Å². The minimum absolute atomic E-state index is 0.261. The molecule has 2 nitrogen and oxygen atoms in total. The third-order valence-corrected chi connectivity index (χ3v) is 3.19. The predicted molar refractivity (Wildman–Crippen MR) is 61.6 cm³/mol. The Morgan fingerprint density at radius 3 is 2.67 bits per heavy atom. The molecule has 0 aliphatic carbocycles. The Labute approximate surface area is 96.2 Å². The SMILES string of the molecule is Fc1ccc(SC2(Cl)N=CC=CN2)cc1. The fourth-order valence-corrected chi connectivity index (χ4v) is 2.30. The Balaban J connectivity index is 2.11. The van der Waals surface area contributed by atoms with Gasteiger partial charge in [0.2, 0.25) is 0 Å². The molecule has 2 rings (SSSR count). The minimum atomic E-state index is -0.924. The summed E-state index contributed by atoms with van der Waals surface area (Å²) in [5.41, 5.74) is 0. The van der Waals surface area contributed by atoms with Gasteiger partial charge in [-0.05, 0) is 30.3 Å². The lowest BCUT2D eigenvalue weighted by Gasteiger charge is -2.23. The van der Waals surface area contributed by atoms with Gasteiger partial charge in [-0.15, -0.1) is 0 Å². The van der Waals surface area contributed by atoms with Crippen molar-refractivity contribution in [1.29, 1.82) is 0 Å². The Kier molecular flexibility index (Phi) is 2.98. The highest BCUT2D eigenvalue weighted by Gasteiger charge is 2.26. The third kappa shape index (κ3) is 2.73. The van der Waals surface area contributed by atoms with E-state index in [1.54, 1.807) is 30.6 Å². The minimum Gasteiger partial charge on any atom is -0.346 e. The van der Waals surface area contributed by atoms with Crippen molar-refractivity contribution < 1.29 is 4.39 Å². The summed E-state index contributed by atoms with van der Waals surface area (Å²) in [4.78, 5) is 4.94. The number of hydrogen-bond acceptors (Lipinski definition) is 3. The first kappa shape index (κ1) is 10.5. The Bertz CT molecular complexity index is 404. The molecule has 0 radical (unpaired) electrons. The summed E-state index contributed by atoms with van der Waals surface area (Å²) >= 11 is 7.47. The topological polar surface area (TPSA) is 24.4 Å². The number of nitrogens with one attached hydrogen (secondary N) is 1. The van der Waals surface area contributed by atoms with Crippen LogP contribution in [0.2, 0.25) is 0 Å². The van der Waals surface area contributed by atoms with Gasteiger partial charge in [0, 0.05) is 17.3 Å². The molecular weight excluding hydrogens is 235 g/mol. The van der Waals surface area contributed by atoms with Gasteiger partial charge in [-0.3, -0.25) is 0 Å². The summed E-state index contributed by atoms with van der Waals surface area (Å²) in [6.45, 7) is 0. The van der Waals surface area contributed by atoms with Gasteiger partial charge in [-0.1, -0.05) is 23.4 Å². The maximum Gasteiger partial charge on any atom is 0.259 e. The van der Waals surface area contributed by atoms with Crippen LogP contribution in [0.15, 0.2) is 46.4 Å². The smallest absolute Gasteiger partial charge is 0.259 e. The molecule has 1 unspecified atom stereocenters. The van der Waals surface area contributed by atoms with Crippen molar-refractivity contribution >= 4 is 29.6 Å². The van der Waals surface area contributed by atoms with Gasteiger partial charge in [-0.2, -0.15) is 0 Å². The summed E-state index contributed by atoms with van der Waals surface area (Å²) < 4.78 is 11.7. The highest BCUT2D eigenvalue weighted by Crippen LogP contribution is 2.36. The van der Waals surface area contributed by atoms with Crippen LogP contribution < -0.4 is 5.32 Å². The second kappa shape index (κ2) is 4.24. The summed E-state index contributed by atoms with van der Waals surface area (Å²) in [5.74, 6) is -0.261. The Morgan fingerprint density at radius 2 is 2.07 bits per heavy atom. The van der Waals surface area contributed by atoms with E-state index in [0.717, 1.165) is 4.90 Å². The van der Waals surface area contributed by atoms with E-state index in [1.807, 2.05) is 0 Å². The maximum atomic E-state index is 12.7. The van der Waals surface area contributed by atoms with Crippen molar-refractivity contribution in [3.63, 3.8) is 0 Å². The largest absolute Gasteiger partial charge is 0.346 e. The zero-order valence-electron chi connectivity index (χ0n) is 7.65. The molecule has 1 aliphatic rings. The van der Waals surface area contributed by atoms with Crippen LogP contribution in [0.3, 0.4) is 0 Å². The van der Waals surface area contributed by atoms with E-state index >= 15 is 0 Å². The number of allylic oxidation sites excluding steroid dienone is 1. The van der Waals surface area contributed by atoms with E-state index in [4.69, 9.17) is 11.6 Å². The van der Waals surface area contributed by atoms with E-state index < -0.39 is 4.45 Å². The number of benzene rings is 1. The molecule has 5 heteroatoms. The first-order valence-corrected chi connectivity index (χ1v) is 5.49. The average molecular weight is 243 g/mol. The van der Waals surface area contributed by atoms with Crippen molar-refractivity contribution in [3.8, 4) is 0 Å². The number of rotatable bonds is 2. The molecule has 0 amide bonds. The van der Waals surface area contributed by atoms with E-state index in [9.17, 15) is 4.39 Å². The number of thioether (sulfide) groups is 1. The molecule has 0 aromatic heterocycles. The van der Waals surface area contributed by atoms with Crippen molar-refractivity contribution in [2.75, 3.05) is 0 Å². The number of aliphatic imine (C=N–C) groups is 1. The number of nitrogens with zero attached hydrogens (tertiary/aromatic N) is 1. The number of halogens is 2. The first-order valence-electron chi connectivity index (χ1n) is 4.29. The normalized spacial score (nSPS) is 23.9. The van der Waals surface area contributed by atoms with Crippen molar-refractivity contribution in [3.05, 3.63) is 42.4 Å². The molecule has 78 valence electrons. The zero-order chi connectivity index (χ0) is 10.7. The molecule has 1 aromatic rings. The van der Waals surface area contributed by atoms with E-state index in [1.165, 1.54) is 23.9 Å². The fraction of sp³-hybridized carbons (Fsp3) is 0.100. The van der Waals surface area contributed by atoms with Crippen molar-refractivity contribution in [2.45, 2.75) is 9.35 Å². The molecule has 1 heterocycles. The molecule has 0 saturated heterocycles. The maximum absolute atomic E-state index is 12.7. The lowest BCUT2D eigenvalue weighted by atomic mass is 10.4. The molecule has 0 spiro atoms. The quantitative estimate of drug-likeness (QED) is 0.637. The van der Waals surface area contributed by atoms with Crippen LogP contribution >= 0.6 is 23.4 Å². The van der Waals surface area contributed by atoms with Crippen LogP contribution in [-0.2, 0) is 0 Å². The van der Waals surface area contributed by atoms with Crippen LogP contribution in [0.5, 0.6) is 0 Å². The van der Waals surface area contributed by atoms with Crippen molar-refractivity contribution in [1.82, 2.24) is 5.32 Å². The summed E-state index contributed by atoms with van der Waals surface area (Å²) in [6, 6.07) is 6.12. The third-order valence-electron chi connectivity index (χ3n) is 1.75. The van der Waals surface area contributed by atoms with Crippen LogP contribution in [-0.4, -0.2) is 10.7 Å². The Hall–Kier alpha value is -1.00. The van der Waals surface area contributed by atoms with Gasteiger partial charge in [0.15, 0.2) is 0 Å². The molecule has 0 saturated carbocycles. The predicted octanol–water partition coefficient (Wildman–Crippen LogP) is 2.96. The first-order chi connectivity index (χ1) is 7.18. The standard InChI is InChI=1S/C10H8ClFN2S/c11-10(13-6-1-7-14-10)15-9-4-2-8(12)3-5-9/h1-7,13H. The lowest BCUT2D eigenvalue weighted by Crippen LogP contribution is -2.32. The monoisotopic (exact) mass is 242 g/mol. The van der Waals surface area contributed by atoms with Crippen LogP contribution in [0, 0.1) is 5.82 Å². The molecule has 0 fully saturated rings. The van der Waals surface area contributed by atoms with Gasteiger partial charge in [-0.25, -0.2) is 9.38 Å². The van der Waals surface area contributed by atoms with E-state index in [2.05, 4.69) is 10.3 Å². The van der Waals surface area contributed by atoms with Crippen LogP contribution in [0.25, 0.3) is 0 Å². The van der Waals surface area contributed by atoms with Gasteiger partial charge in [0.05, 0.1) is 0 Å². The molecule has 1 aliphatic heterocycles. The second-order valence-corrected chi connectivity index (χ2v) is 4.94. The summed E-state index contributed by atoms with van der Waals surface area (Å²) in [7, 11) is 0.